The summed E-state index contributed by atoms with van der Waals surface area (Å²) < 4.78 is 64.6. The summed E-state index contributed by atoms with van der Waals surface area (Å²) in [5.74, 6) is 0.651. The van der Waals surface area contributed by atoms with Crippen LogP contribution in [0.25, 0.3) is 32.9 Å². The van der Waals surface area contributed by atoms with Crippen molar-refractivity contribution in [1.29, 1.82) is 0 Å². The van der Waals surface area contributed by atoms with Crippen molar-refractivity contribution in [3.05, 3.63) is 41.5 Å². The number of fused-ring (bicyclic) bond motifs is 3. The van der Waals surface area contributed by atoms with Gasteiger partial charge in [-0.2, -0.15) is 9.97 Å². The number of anilines is 1. The van der Waals surface area contributed by atoms with Crippen LogP contribution in [0.3, 0.4) is 0 Å². The number of rotatable bonds is 6. The number of benzene rings is 2. The number of piperidine rings is 1. The average molecular weight is 678 g/mol. The lowest BCUT2D eigenvalue weighted by atomic mass is 9.75. The van der Waals surface area contributed by atoms with Crippen LogP contribution in [0.4, 0.5) is 19.0 Å². The second-order valence-electron chi connectivity index (χ2n) is 13.8. The summed E-state index contributed by atoms with van der Waals surface area (Å²) >= 11 is 0. The molecule has 2 aromatic carbocycles. The van der Waals surface area contributed by atoms with E-state index in [4.69, 9.17) is 25.6 Å². The van der Waals surface area contributed by atoms with Gasteiger partial charge in [0.2, 0.25) is 5.88 Å². The van der Waals surface area contributed by atoms with Crippen molar-refractivity contribution >= 4 is 27.5 Å². The average Bonchev–Trinajstić information content (AvgIpc) is 3.40. The number of pyridine rings is 1. The first-order valence-corrected chi connectivity index (χ1v) is 16.3. The zero-order valence-corrected chi connectivity index (χ0v) is 27.6. The Balaban J connectivity index is 1.44. The van der Waals surface area contributed by atoms with Gasteiger partial charge in [-0.25, -0.2) is 18.2 Å². The summed E-state index contributed by atoms with van der Waals surface area (Å²) in [5, 5.41) is 22.3. The number of methoxy groups -OCH3 is 1. The maximum Gasteiger partial charge on any atom is 0.319 e. The van der Waals surface area contributed by atoms with Gasteiger partial charge in [-0.1, -0.05) is 18.4 Å². The zero-order chi connectivity index (χ0) is 34.7. The Morgan fingerprint density at radius 2 is 2.00 bits per heavy atom. The van der Waals surface area contributed by atoms with E-state index in [0.29, 0.717) is 18.4 Å². The Morgan fingerprint density at radius 3 is 2.78 bits per heavy atom. The highest BCUT2D eigenvalue weighted by molar-refractivity contribution is 6.04. The van der Waals surface area contributed by atoms with Gasteiger partial charge < -0.3 is 29.3 Å². The first kappa shape index (κ1) is 33.1. The number of alkyl halides is 1. The fraction of sp³-hybridized carbons (Fsp3) is 0.472. The number of β-amino-alcohol motifs (C(OH)–C–C–N with tert-alkyl or cyclic N) is 1. The highest BCUT2D eigenvalue weighted by Gasteiger charge is 2.50. The van der Waals surface area contributed by atoms with Crippen molar-refractivity contribution in [1.82, 2.24) is 19.9 Å². The maximum absolute atomic E-state index is 17.1. The minimum absolute atomic E-state index is 0.0285. The van der Waals surface area contributed by atoms with Gasteiger partial charge in [0.1, 0.15) is 45.8 Å². The molecule has 0 spiro atoms. The molecule has 2 aliphatic heterocycles. The van der Waals surface area contributed by atoms with E-state index in [-0.39, 0.29) is 95.5 Å². The number of phenolic OH excluding ortho intramolecular Hbond substituents is 1. The molecule has 0 radical (unpaired) electrons. The summed E-state index contributed by atoms with van der Waals surface area (Å²) in [7, 11) is 3.28. The third kappa shape index (κ3) is 5.85. The van der Waals surface area contributed by atoms with Gasteiger partial charge in [-0.05, 0) is 56.8 Å². The zero-order valence-electron chi connectivity index (χ0n) is 27.6. The molecule has 3 aliphatic rings. The predicted molar refractivity (Wildman–Crippen MR) is 178 cm³/mol. The molecular weight excluding hydrogens is 639 g/mol. The van der Waals surface area contributed by atoms with E-state index in [1.54, 1.807) is 11.8 Å². The smallest absolute Gasteiger partial charge is 0.319 e. The van der Waals surface area contributed by atoms with Crippen LogP contribution in [0.1, 0.15) is 38.2 Å². The number of ether oxygens (including phenoxy) is 3. The van der Waals surface area contributed by atoms with Crippen molar-refractivity contribution in [3.8, 4) is 41.2 Å². The van der Waals surface area contributed by atoms with E-state index >= 15 is 4.39 Å². The first-order chi connectivity index (χ1) is 23.4. The quantitative estimate of drug-likeness (QED) is 0.271. The van der Waals surface area contributed by atoms with E-state index in [1.165, 1.54) is 31.4 Å². The summed E-state index contributed by atoms with van der Waals surface area (Å²) in [6.07, 6.45) is 7.63. The van der Waals surface area contributed by atoms with Crippen LogP contribution >= 0.6 is 0 Å². The maximum atomic E-state index is 17.1. The van der Waals surface area contributed by atoms with E-state index in [9.17, 15) is 19.0 Å². The standard InChI is InChI=1S/C36H38F3N5O5/c1-5-23-25(38)9-8-20-13-22(45)14-24(27(20)23)30-29(39)31-28(33(40-30)47-4)32(44-11-12-48-18-35(2,46)17-44)42-34(41-31)49-19-36-10-6-7-26(36)43(3)16-21(37)15-36/h1,8-9,13-14,21,26,45-46H,6-7,10-12,15-19H2,2-4H3. The van der Waals surface area contributed by atoms with Crippen molar-refractivity contribution in [3.63, 3.8) is 0 Å². The minimum Gasteiger partial charge on any atom is -0.508 e. The van der Waals surface area contributed by atoms with Crippen LogP contribution in [0.2, 0.25) is 0 Å². The van der Waals surface area contributed by atoms with Gasteiger partial charge in [-0.3, -0.25) is 4.90 Å². The minimum atomic E-state index is -1.27. The second-order valence-corrected chi connectivity index (χ2v) is 13.8. The van der Waals surface area contributed by atoms with Crippen LogP contribution in [0.15, 0.2) is 24.3 Å². The molecule has 0 bridgehead atoms. The molecule has 49 heavy (non-hydrogen) atoms. The fourth-order valence-corrected chi connectivity index (χ4v) is 8.09. The monoisotopic (exact) mass is 677 g/mol. The lowest BCUT2D eigenvalue weighted by molar-refractivity contribution is -0.0244. The molecule has 258 valence electrons. The van der Waals surface area contributed by atoms with Crippen molar-refractivity contribution in [2.24, 2.45) is 5.41 Å². The summed E-state index contributed by atoms with van der Waals surface area (Å²) in [6, 6.07) is 5.24. The van der Waals surface area contributed by atoms with Gasteiger partial charge in [0.25, 0.3) is 0 Å². The predicted octanol–water partition coefficient (Wildman–Crippen LogP) is 5.00. The van der Waals surface area contributed by atoms with Crippen LogP contribution in [-0.2, 0) is 4.74 Å². The molecule has 2 N–H and O–H groups in total. The molecule has 10 nitrogen and oxygen atoms in total. The highest BCUT2D eigenvalue weighted by Crippen LogP contribution is 2.48. The Morgan fingerprint density at radius 1 is 1.18 bits per heavy atom. The van der Waals surface area contributed by atoms with Gasteiger partial charge in [0, 0.05) is 35.5 Å². The summed E-state index contributed by atoms with van der Waals surface area (Å²) in [4.78, 5) is 17.6. The molecular formula is C36H38F3N5O5. The number of halogens is 3. The number of phenols is 1. The molecule has 4 aromatic rings. The molecule has 1 aliphatic carbocycles. The molecule has 3 fully saturated rings. The highest BCUT2D eigenvalue weighted by atomic mass is 19.1. The number of aliphatic hydroxyl groups is 1. The summed E-state index contributed by atoms with van der Waals surface area (Å²) in [5.41, 5.74) is -2.35. The van der Waals surface area contributed by atoms with Gasteiger partial charge >= 0.3 is 6.01 Å². The Labute approximate surface area is 281 Å². The molecule has 4 unspecified atom stereocenters. The van der Waals surface area contributed by atoms with Gasteiger partial charge in [0.05, 0.1) is 39.0 Å². The van der Waals surface area contributed by atoms with Crippen LogP contribution < -0.4 is 14.4 Å². The molecule has 4 atom stereocenters. The number of hydrogen-bond acceptors (Lipinski definition) is 10. The molecule has 2 saturated heterocycles. The number of aromatic nitrogens is 3. The number of aromatic hydroxyl groups is 1. The van der Waals surface area contributed by atoms with E-state index in [0.717, 1.165) is 19.3 Å². The van der Waals surface area contributed by atoms with Crippen LogP contribution in [0.5, 0.6) is 17.6 Å². The Kier molecular flexibility index (Phi) is 8.45. The molecule has 7 rings (SSSR count). The Hall–Kier alpha value is -4.38. The van der Waals surface area contributed by atoms with E-state index in [1.807, 2.05) is 11.9 Å². The third-order valence-electron chi connectivity index (χ3n) is 10.1. The fourth-order valence-electron chi connectivity index (χ4n) is 8.09. The van der Waals surface area contributed by atoms with Crippen LogP contribution in [-0.4, -0.2) is 101 Å². The number of likely N-dealkylation sites (tertiary alicyclic amines) is 1. The first-order valence-electron chi connectivity index (χ1n) is 16.3. The molecule has 4 heterocycles. The number of terminal acetylenes is 1. The third-order valence-corrected chi connectivity index (χ3v) is 10.1. The topological polar surface area (TPSA) is 113 Å². The van der Waals surface area contributed by atoms with Crippen molar-refractivity contribution < 1.29 is 37.6 Å². The number of hydrogen-bond donors (Lipinski definition) is 2. The van der Waals surface area contributed by atoms with Crippen molar-refractivity contribution in [2.75, 3.05) is 58.5 Å². The number of nitrogens with zero attached hydrogens (tertiary/aromatic N) is 5. The lowest BCUT2D eigenvalue weighted by Gasteiger charge is -2.45. The van der Waals surface area contributed by atoms with Crippen LogP contribution in [0, 0.1) is 29.4 Å². The largest absolute Gasteiger partial charge is 0.508 e. The normalized spacial score (nSPS) is 26.0. The van der Waals surface area contributed by atoms with Gasteiger partial charge in [-0.15, -0.1) is 6.42 Å². The second kappa shape index (κ2) is 12.5. The van der Waals surface area contributed by atoms with Crippen molar-refractivity contribution in [2.45, 2.75) is 50.4 Å². The van der Waals surface area contributed by atoms with E-state index < -0.39 is 28.8 Å². The lowest BCUT2D eigenvalue weighted by Crippen LogP contribution is -2.54. The Bertz CT molecular complexity index is 1990. The molecule has 1 saturated carbocycles. The SMILES string of the molecule is C#Cc1c(F)ccc2cc(O)cc(-c3nc(OC)c4c(N5CCOCC(C)(O)C5)nc(OCC56CCCC5N(C)CC(F)C6)nc4c3F)c12. The van der Waals surface area contributed by atoms with Gasteiger partial charge in [0.15, 0.2) is 5.82 Å². The molecule has 2 aromatic heterocycles. The molecule has 0 amide bonds. The van der Waals surface area contributed by atoms with E-state index in [2.05, 4.69) is 15.9 Å². The molecule has 13 heteroatoms. The summed E-state index contributed by atoms with van der Waals surface area (Å²) in [6.45, 7) is 2.79.